The standard InChI is InChI=1S/C13H18ClFN2.ClH/c1-17(13(7-16)9-2-3-9)8-10-6-11(15)4-5-12(10)14;/h4-6,9,13H,2-3,7-8,16H2,1H3;1H. The summed E-state index contributed by atoms with van der Waals surface area (Å²) in [6.07, 6.45) is 2.51. The Kier molecular flexibility index (Phi) is 5.86. The van der Waals surface area contributed by atoms with Crippen molar-refractivity contribution in [3.05, 3.63) is 34.6 Å². The number of benzene rings is 1. The summed E-state index contributed by atoms with van der Waals surface area (Å²) in [6, 6.07) is 4.87. The second-order valence-corrected chi connectivity index (χ2v) is 5.20. The highest BCUT2D eigenvalue weighted by atomic mass is 35.5. The number of rotatable bonds is 5. The zero-order valence-electron chi connectivity index (χ0n) is 10.4. The van der Waals surface area contributed by atoms with Crippen LogP contribution >= 0.6 is 24.0 Å². The van der Waals surface area contributed by atoms with Crippen LogP contribution in [0, 0.1) is 11.7 Å². The van der Waals surface area contributed by atoms with E-state index in [0.717, 1.165) is 5.56 Å². The number of hydrogen-bond acceptors (Lipinski definition) is 2. The quantitative estimate of drug-likeness (QED) is 0.904. The van der Waals surface area contributed by atoms with E-state index in [2.05, 4.69) is 4.90 Å². The van der Waals surface area contributed by atoms with Crippen LogP contribution < -0.4 is 5.73 Å². The minimum absolute atomic E-state index is 0. The maximum atomic E-state index is 13.1. The summed E-state index contributed by atoms with van der Waals surface area (Å²) in [7, 11) is 2.02. The predicted molar refractivity (Wildman–Crippen MR) is 75.7 cm³/mol. The van der Waals surface area contributed by atoms with Crippen LogP contribution in [0.15, 0.2) is 18.2 Å². The highest BCUT2D eigenvalue weighted by Crippen LogP contribution is 2.35. The van der Waals surface area contributed by atoms with E-state index in [0.29, 0.717) is 30.1 Å². The van der Waals surface area contributed by atoms with Crippen molar-refractivity contribution in [1.29, 1.82) is 0 Å². The smallest absolute Gasteiger partial charge is 0.123 e. The van der Waals surface area contributed by atoms with Gasteiger partial charge in [0.15, 0.2) is 0 Å². The van der Waals surface area contributed by atoms with Crippen LogP contribution in [0.1, 0.15) is 18.4 Å². The second-order valence-electron chi connectivity index (χ2n) is 4.79. The molecule has 0 saturated heterocycles. The van der Waals surface area contributed by atoms with Crippen molar-refractivity contribution in [1.82, 2.24) is 4.90 Å². The zero-order valence-corrected chi connectivity index (χ0v) is 12.0. The molecule has 0 aliphatic heterocycles. The van der Waals surface area contributed by atoms with Crippen molar-refractivity contribution in [3.8, 4) is 0 Å². The molecule has 2 N–H and O–H groups in total. The molecule has 0 spiro atoms. The Morgan fingerprint density at radius 2 is 2.17 bits per heavy atom. The molecule has 1 saturated carbocycles. The minimum atomic E-state index is -0.242. The monoisotopic (exact) mass is 292 g/mol. The van der Waals surface area contributed by atoms with Crippen molar-refractivity contribution >= 4 is 24.0 Å². The third-order valence-corrected chi connectivity index (χ3v) is 3.77. The highest BCUT2D eigenvalue weighted by molar-refractivity contribution is 6.31. The first-order valence-corrected chi connectivity index (χ1v) is 6.34. The summed E-state index contributed by atoms with van der Waals surface area (Å²) in [5.74, 6) is 0.464. The molecule has 0 bridgehead atoms. The maximum Gasteiger partial charge on any atom is 0.123 e. The average molecular weight is 293 g/mol. The van der Waals surface area contributed by atoms with Crippen LogP contribution in [0.2, 0.25) is 5.02 Å². The van der Waals surface area contributed by atoms with Gasteiger partial charge in [-0.1, -0.05) is 11.6 Å². The number of likely N-dealkylation sites (N-methyl/N-ethyl adjacent to an activating group) is 1. The Balaban J connectivity index is 0.00000162. The molecule has 1 atom stereocenters. The van der Waals surface area contributed by atoms with E-state index in [1.165, 1.54) is 25.0 Å². The molecule has 0 aromatic heterocycles. The summed E-state index contributed by atoms with van der Waals surface area (Å²) in [4.78, 5) is 2.18. The van der Waals surface area contributed by atoms with Crippen molar-refractivity contribution in [3.63, 3.8) is 0 Å². The average Bonchev–Trinajstić information content (AvgIpc) is 3.09. The predicted octanol–water partition coefficient (Wildman–Crippen LogP) is 3.07. The topological polar surface area (TPSA) is 29.3 Å². The van der Waals surface area contributed by atoms with Gasteiger partial charge in [0.2, 0.25) is 0 Å². The van der Waals surface area contributed by atoms with E-state index in [1.54, 1.807) is 6.07 Å². The summed E-state index contributed by atoms with van der Waals surface area (Å²) >= 11 is 6.06. The van der Waals surface area contributed by atoms with Gasteiger partial charge in [0.25, 0.3) is 0 Å². The van der Waals surface area contributed by atoms with Crippen molar-refractivity contribution in [2.75, 3.05) is 13.6 Å². The van der Waals surface area contributed by atoms with Gasteiger partial charge >= 0.3 is 0 Å². The van der Waals surface area contributed by atoms with Gasteiger partial charge in [-0.15, -0.1) is 12.4 Å². The summed E-state index contributed by atoms with van der Waals surface area (Å²) in [5, 5.41) is 0.616. The number of hydrogen-bond donors (Lipinski definition) is 1. The fourth-order valence-corrected chi connectivity index (χ4v) is 2.44. The van der Waals surface area contributed by atoms with Crippen LogP contribution in [0.5, 0.6) is 0 Å². The van der Waals surface area contributed by atoms with Gasteiger partial charge in [-0.25, -0.2) is 4.39 Å². The first-order valence-electron chi connectivity index (χ1n) is 5.96. The fraction of sp³-hybridized carbons (Fsp3) is 0.538. The molecule has 18 heavy (non-hydrogen) atoms. The van der Waals surface area contributed by atoms with Gasteiger partial charge in [0.1, 0.15) is 5.82 Å². The third-order valence-electron chi connectivity index (χ3n) is 3.40. The zero-order chi connectivity index (χ0) is 12.4. The molecule has 0 heterocycles. The second kappa shape index (κ2) is 6.71. The first-order chi connectivity index (χ1) is 8.11. The molecule has 1 fully saturated rings. The molecule has 2 rings (SSSR count). The number of nitrogens with zero attached hydrogens (tertiary/aromatic N) is 1. The Morgan fingerprint density at radius 3 is 2.72 bits per heavy atom. The summed E-state index contributed by atoms with van der Waals surface area (Å²) in [5.41, 5.74) is 6.61. The molecule has 102 valence electrons. The van der Waals surface area contributed by atoms with Crippen molar-refractivity contribution in [2.45, 2.75) is 25.4 Å². The van der Waals surface area contributed by atoms with Gasteiger partial charge in [-0.3, -0.25) is 4.90 Å². The molecule has 1 unspecified atom stereocenters. The van der Waals surface area contributed by atoms with E-state index < -0.39 is 0 Å². The van der Waals surface area contributed by atoms with E-state index in [9.17, 15) is 4.39 Å². The fourth-order valence-electron chi connectivity index (χ4n) is 2.26. The summed E-state index contributed by atoms with van der Waals surface area (Å²) < 4.78 is 13.1. The molecule has 1 aromatic carbocycles. The van der Waals surface area contributed by atoms with E-state index in [4.69, 9.17) is 17.3 Å². The molecule has 0 amide bonds. The number of halogens is 3. The Bertz CT molecular complexity index is 397. The lowest BCUT2D eigenvalue weighted by Crippen LogP contribution is -2.39. The molecular weight excluding hydrogens is 274 g/mol. The Morgan fingerprint density at radius 1 is 1.50 bits per heavy atom. The minimum Gasteiger partial charge on any atom is -0.329 e. The van der Waals surface area contributed by atoms with E-state index in [-0.39, 0.29) is 18.2 Å². The molecular formula is C13H19Cl2FN2. The lowest BCUT2D eigenvalue weighted by Gasteiger charge is -2.27. The Labute approximate surface area is 119 Å². The number of nitrogens with two attached hydrogens (primary N) is 1. The normalized spacial score (nSPS) is 16.5. The lowest BCUT2D eigenvalue weighted by molar-refractivity contribution is 0.215. The van der Waals surface area contributed by atoms with Gasteiger partial charge in [-0.2, -0.15) is 0 Å². The lowest BCUT2D eigenvalue weighted by atomic mass is 10.1. The molecule has 0 radical (unpaired) electrons. The largest absolute Gasteiger partial charge is 0.329 e. The SMILES string of the molecule is CN(Cc1cc(F)ccc1Cl)C(CN)C1CC1.Cl. The molecule has 5 heteroatoms. The maximum absolute atomic E-state index is 13.1. The molecule has 1 aliphatic carbocycles. The Hall–Kier alpha value is -0.350. The van der Waals surface area contributed by atoms with Gasteiger partial charge < -0.3 is 5.73 Å². The molecule has 1 aliphatic rings. The van der Waals surface area contributed by atoms with Crippen LogP contribution in [0.4, 0.5) is 4.39 Å². The van der Waals surface area contributed by atoms with Crippen LogP contribution in [-0.4, -0.2) is 24.5 Å². The molecule has 2 nitrogen and oxygen atoms in total. The van der Waals surface area contributed by atoms with E-state index in [1.807, 2.05) is 7.05 Å². The van der Waals surface area contributed by atoms with Crippen LogP contribution in [-0.2, 0) is 6.54 Å². The van der Waals surface area contributed by atoms with E-state index >= 15 is 0 Å². The van der Waals surface area contributed by atoms with Gasteiger partial charge in [-0.05, 0) is 49.6 Å². The van der Waals surface area contributed by atoms with Crippen LogP contribution in [0.25, 0.3) is 0 Å². The third kappa shape index (κ3) is 3.82. The van der Waals surface area contributed by atoms with Gasteiger partial charge in [0, 0.05) is 24.2 Å². The van der Waals surface area contributed by atoms with Crippen LogP contribution in [0.3, 0.4) is 0 Å². The van der Waals surface area contributed by atoms with Crippen molar-refractivity contribution < 1.29 is 4.39 Å². The highest BCUT2D eigenvalue weighted by Gasteiger charge is 2.32. The van der Waals surface area contributed by atoms with Gasteiger partial charge in [0.05, 0.1) is 0 Å². The first kappa shape index (κ1) is 15.7. The van der Waals surface area contributed by atoms with Crippen molar-refractivity contribution in [2.24, 2.45) is 11.7 Å². The molecule has 1 aromatic rings. The summed E-state index contributed by atoms with van der Waals surface area (Å²) in [6.45, 7) is 1.29.